The zero-order valence-electron chi connectivity index (χ0n) is 14.0. The van der Waals surface area contributed by atoms with Crippen molar-refractivity contribution in [3.8, 4) is 28.0 Å². The van der Waals surface area contributed by atoms with E-state index in [2.05, 4.69) is 4.72 Å². The van der Waals surface area contributed by atoms with Gasteiger partial charge >= 0.3 is 10.3 Å². The molecule has 0 fully saturated rings. The smallest absolute Gasteiger partial charge is 0.370 e. The lowest BCUT2D eigenvalue weighted by Crippen LogP contribution is -2.32. The molecule has 0 saturated heterocycles. The topological polar surface area (TPSA) is 55.4 Å². The Balaban J connectivity index is 1.79. The van der Waals surface area contributed by atoms with E-state index in [-0.39, 0.29) is 12.3 Å². The lowest BCUT2D eigenvalue weighted by Gasteiger charge is -2.21. The molecule has 6 heteroatoms. The highest BCUT2D eigenvalue weighted by molar-refractivity contribution is 7.85. The first kappa shape index (κ1) is 16.8. The maximum absolute atomic E-state index is 14.8. The summed E-state index contributed by atoms with van der Waals surface area (Å²) in [5.74, 6) is -0.260. The zero-order chi connectivity index (χ0) is 18.3. The zero-order valence-corrected chi connectivity index (χ0v) is 14.8. The summed E-state index contributed by atoms with van der Waals surface area (Å²) in [5, 5.41) is 0. The summed E-state index contributed by atoms with van der Waals surface area (Å²) in [5.41, 5.74) is 4.19. The summed E-state index contributed by atoms with van der Waals surface area (Å²) >= 11 is 0. The molecule has 26 heavy (non-hydrogen) atoms. The number of nitrogens with one attached hydrogen (secondary N) is 1. The monoisotopic (exact) mass is 369 g/mol. The number of fused-ring (bicyclic) bond motifs is 1. The Morgan fingerprint density at radius 2 is 1.69 bits per heavy atom. The maximum Gasteiger partial charge on any atom is 0.382 e. The van der Waals surface area contributed by atoms with E-state index in [1.807, 2.05) is 37.3 Å². The standard InChI is InChI=1S/C20H16FNO3S/c1-13-5-7-14(8-6-13)15-9-10-17(19(21)11-15)18-4-2-3-16-12-22-26(23,24)25-20(16)18/h2-11,22H,12H2,1H3. The fourth-order valence-electron chi connectivity index (χ4n) is 3.00. The van der Waals surface area contributed by atoms with Crippen molar-refractivity contribution in [2.24, 2.45) is 0 Å². The Morgan fingerprint density at radius 3 is 2.42 bits per heavy atom. The first-order chi connectivity index (χ1) is 12.4. The molecule has 3 aromatic carbocycles. The second-order valence-electron chi connectivity index (χ2n) is 6.21. The third kappa shape index (κ3) is 3.09. The van der Waals surface area contributed by atoms with Crippen molar-refractivity contribution in [3.63, 3.8) is 0 Å². The summed E-state index contributed by atoms with van der Waals surface area (Å²) in [4.78, 5) is 0. The van der Waals surface area contributed by atoms with E-state index in [1.54, 1.807) is 24.3 Å². The highest BCUT2D eigenvalue weighted by atomic mass is 32.2. The van der Waals surface area contributed by atoms with Crippen molar-refractivity contribution in [1.82, 2.24) is 4.72 Å². The lowest BCUT2D eigenvalue weighted by molar-refractivity contribution is 0.454. The number of benzene rings is 3. The van der Waals surface area contributed by atoms with Crippen LogP contribution in [0.25, 0.3) is 22.3 Å². The predicted octanol–water partition coefficient (Wildman–Crippen LogP) is 4.19. The van der Waals surface area contributed by atoms with Crippen molar-refractivity contribution in [1.29, 1.82) is 0 Å². The fraction of sp³-hybridized carbons (Fsp3) is 0.100. The molecule has 1 aliphatic heterocycles. The van der Waals surface area contributed by atoms with Crippen LogP contribution in [0.2, 0.25) is 0 Å². The van der Waals surface area contributed by atoms with Crippen LogP contribution >= 0.6 is 0 Å². The van der Waals surface area contributed by atoms with E-state index in [9.17, 15) is 12.8 Å². The Hall–Kier alpha value is -2.70. The molecule has 0 aromatic heterocycles. The van der Waals surface area contributed by atoms with Gasteiger partial charge in [-0.15, -0.1) is 0 Å². The molecule has 0 unspecified atom stereocenters. The minimum Gasteiger partial charge on any atom is -0.370 e. The molecule has 1 heterocycles. The van der Waals surface area contributed by atoms with Crippen LogP contribution in [0, 0.1) is 12.7 Å². The summed E-state index contributed by atoms with van der Waals surface area (Å²) in [7, 11) is -3.87. The number of hydrogen-bond acceptors (Lipinski definition) is 3. The van der Waals surface area contributed by atoms with E-state index in [1.165, 1.54) is 6.07 Å². The van der Waals surface area contributed by atoms with Crippen molar-refractivity contribution in [2.75, 3.05) is 0 Å². The Labute approximate surface area is 151 Å². The van der Waals surface area contributed by atoms with Gasteiger partial charge in [0.25, 0.3) is 0 Å². The van der Waals surface area contributed by atoms with Gasteiger partial charge in [-0.2, -0.15) is 13.1 Å². The number of hydrogen-bond donors (Lipinski definition) is 1. The Bertz CT molecular complexity index is 1090. The van der Waals surface area contributed by atoms with Gasteiger partial charge in [-0.25, -0.2) is 4.39 Å². The van der Waals surface area contributed by atoms with Crippen LogP contribution in [0.5, 0.6) is 5.75 Å². The largest absolute Gasteiger partial charge is 0.382 e. The van der Waals surface area contributed by atoms with Gasteiger partial charge in [0, 0.05) is 23.2 Å². The first-order valence-corrected chi connectivity index (χ1v) is 9.52. The lowest BCUT2D eigenvalue weighted by atomic mass is 9.97. The van der Waals surface area contributed by atoms with Crippen LogP contribution in [0.4, 0.5) is 4.39 Å². The van der Waals surface area contributed by atoms with Crippen LogP contribution < -0.4 is 8.91 Å². The quantitative estimate of drug-likeness (QED) is 0.737. The van der Waals surface area contributed by atoms with E-state index >= 15 is 0 Å². The fourth-order valence-corrected chi connectivity index (χ4v) is 3.81. The van der Waals surface area contributed by atoms with Gasteiger partial charge < -0.3 is 4.18 Å². The summed E-state index contributed by atoms with van der Waals surface area (Å²) in [6, 6.07) is 17.9. The molecular formula is C20H16FNO3S. The maximum atomic E-state index is 14.8. The van der Waals surface area contributed by atoms with Crippen molar-refractivity contribution in [3.05, 3.63) is 77.6 Å². The van der Waals surface area contributed by atoms with Crippen LogP contribution in [-0.4, -0.2) is 8.42 Å². The Morgan fingerprint density at radius 1 is 0.962 bits per heavy atom. The van der Waals surface area contributed by atoms with Crippen LogP contribution in [-0.2, 0) is 16.8 Å². The molecule has 4 rings (SSSR count). The summed E-state index contributed by atoms with van der Waals surface area (Å²) < 4.78 is 45.7. The molecule has 1 aliphatic rings. The summed E-state index contributed by atoms with van der Waals surface area (Å²) in [6.45, 7) is 2.11. The van der Waals surface area contributed by atoms with Gasteiger partial charge in [-0.05, 0) is 24.1 Å². The van der Waals surface area contributed by atoms with Crippen LogP contribution in [0.1, 0.15) is 11.1 Å². The first-order valence-electron chi connectivity index (χ1n) is 8.11. The van der Waals surface area contributed by atoms with Crippen LogP contribution in [0.15, 0.2) is 60.7 Å². The molecule has 3 aromatic rings. The van der Waals surface area contributed by atoms with Gasteiger partial charge in [-0.3, -0.25) is 0 Å². The van der Waals surface area contributed by atoms with Gasteiger partial charge in [0.2, 0.25) is 0 Å². The molecule has 0 bridgehead atoms. The molecule has 0 radical (unpaired) electrons. The van der Waals surface area contributed by atoms with Crippen molar-refractivity contribution >= 4 is 10.3 Å². The highest BCUT2D eigenvalue weighted by Gasteiger charge is 2.25. The second kappa shape index (κ2) is 6.23. The molecule has 4 nitrogen and oxygen atoms in total. The minimum absolute atomic E-state index is 0.120. The van der Waals surface area contributed by atoms with Gasteiger partial charge in [0.1, 0.15) is 5.82 Å². The molecule has 0 amide bonds. The molecule has 0 aliphatic carbocycles. The second-order valence-corrected chi connectivity index (χ2v) is 7.58. The third-order valence-electron chi connectivity index (χ3n) is 4.37. The van der Waals surface area contributed by atoms with Crippen molar-refractivity contribution < 1.29 is 17.0 Å². The number of rotatable bonds is 2. The summed E-state index contributed by atoms with van der Waals surface area (Å²) in [6.07, 6.45) is 0. The van der Waals surface area contributed by atoms with E-state index < -0.39 is 16.1 Å². The molecule has 1 N–H and O–H groups in total. The SMILES string of the molecule is Cc1ccc(-c2ccc(-c3cccc4c3OS(=O)(=O)NC4)c(F)c2)cc1. The normalized spacial score (nSPS) is 15.2. The Kier molecular flexibility index (Phi) is 4.01. The minimum atomic E-state index is -3.87. The number of halogens is 1. The van der Waals surface area contributed by atoms with Crippen LogP contribution in [0.3, 0.4) is 0 Å². The average molecular weight is 369 g/mol. The molecule has 0 atom stereocenters. The van der Waals surface area contributed by atoms with E-state index in [4.69, 9.17) is 4.18 Å². The molecule has 0 saturated carbocycles. The number of para-hydroxylation sites is 1. The average Bonchev–Trinajstić information content (AvgIpc) is 2.61. The molecule has 0 spiro atoms. The third-order valence-corrected chi connectivity index (χ3v) is 5.26. The van der Waals surface area contributed by atoms with Gasteiger partial charge in [0.15, 0.2) is 5.75 Å². The number of aryl methyl sites for hydroxylation is 1. The van der Waals surface area contributed by atoms with Crippen molar-refractivity contribution in [2.45, 2.75) is 13.5 Å². The highest BCUT2D eigenvalue weighted by Crippen LogP contribution is 2.38. The van der Waals surface area contributed by atoms with Gasteiger partial charge in [0.05, 0.1) is 0 Å². The van der Waals surface area contributed by atoms with Gasteiger partial charge in [-0.1, -0.05) is 60.2 Å². The molecular weight excluding hydrogens is 353 g/mol. The van der Waals surface area contributed by atoms with E-state index in [0.29, 0.717) is 16.7 Å². The van der Waals surface area contributed by atoms with E-state index in [0.717, 1.165) is 16.7 Å². The predicted molar refractivity (Wildman–Crippen MR) is 98.4 cm³/mol. The molecule has 132 valence electrons.